The number of rotatable bonds is 10. The fourth-order valence-corrected chi connectivity index (χ4v) is 4.87. The van der Waals surface area contributed by atoms with Crippen LogP contribution in [0.25, 0.3) is 0 Å². The molecule has 29 heavy (non-hydrogen) atoms. The summed E-state index contributed by atoms with van der Waals surface area (Å²) in [6, 6.07) is 17.0. The number of nitrogens with zero attached hydrogens (tertiary/aromatic N) is 1. The minimum Gasteiger partial charge on any atom is -0.489 e. The summed E-state index contributed by atoms with van der Waals surface area (Å²) in [5.74, 6) is 0.733. The second kappa shape index (κ2) is 10.2. The van der Waals surface area contributed by atoms with Gasteiger partial charge in [0.2, 0.25) is 10.0 Å². The number of hydroxylamine groups is 2. The Labute approximate surface area is 172 Å². The van der Waals surface area contributed by atoms with Crippen molar-refractivity contribution < 1.29 is 22.7 Å². The van der Waals surface area contributed by atoms with Crippen molar-refractivity contribution in [2.75, 3.05) is 33.9 Å². The molecule has 2 atom stereocenters. The molecule has 3 rings (SSSR count). The maximum Gasteiger partial charge on any atom is 0.218 e. The first-order valence-corrected chi connectivity index (χ1v) is 11.2. The first-order chi connectivity index (χ1) is 14.0. The van der Waals surface area contributed by atoms with Gasteiger partial charge in [0, 0.05) is 27.3 Å². The van der Waals surface area contributed by atoms with Crippen molar-refractivity contribution in [1.29, 1.82) is 0 Å². The van der Waals surface area contributed by atoms with Gasteiger partial charge in [-0.1, -0.05) is 42.5 Å². The van der Waals surface area contributed by atoms with Crippen molar-refractivity contribution in [2.45, 2.75) is 24.3 Å². The van der Waals surface area contributed by atoms with Crippen molar-refractivity contribution in [3.05, 3.63) is 65.7 Å². The van der Waals surface area contributed by atoms with Gasteiger partial charge in [-0.15, -0.1) is 0 Å². The minimum atomic E-state index is -3.53. The van der Waals surface area contributed by atoms with Crippen molar-refractivity contribution in [3.63, 3.8) is 0 Å². The third-order valence-corrected chi connectivity index (χ3v) is 6.68. The van der Waals surface area contributed by atoms with E-state index in [1.165, 1.54) is 0 Å². The van der Waals surface area contributed by atoms with Gasteiger partial charge in [0.1, 0.15) is 17.6 Å². The van der Waals surface area contributed by atoms with E-state index >= 15 is 0 Å². The molecule has 0 radical (unpaired) electrons. The monoisotopic (exact) mass is 420 g/mol. The highest BCUT2D eigenvalue weighted by atomic mass is 32.2. The maximum absolute atomic E-state index is 12.8. The molecule has 1 aliphatic rings. The Hall–Kier alpha value is -1.97. The Bertz CT molecular complexity index is 858. The molecule has 158 valence electrons. The highest BCUT2D eigenvalue weighted by Crippen LogP contribution is 2.34. The Morgan fingerprint density at radius 3 is 2.55 bits per heavy atom. The Morgan fingerprint density at radius 2 is 1.86 bits per heavy atom. The number of ether oxygens (including phenoxy) is 2. The summed E-state index contributed by atoms with van der Waals surface area (Å²) in [6.45, 7) is 1.45. The first kappa shape index (κ1) is 21.7. The quantitative estimate of drug-likeness (QED) is 0.595. The number of hydrogen-bond acceptors (Lipinski definition) is 6. The lowest BCUT2D eigenvalue weighted by Gasteiger charge is -2.23. The minimum absolute atomic E-state index is 0.118. The summed E-state index contributed by atoms with van der Waals surface area (Å²) >= 11 is 0. The average molecular weight is 421 g/mol. The van der Waals surface area contributed by atoms with Gasteiger partial charge in [0.15, 0.2) is 0 Å². The fourth-order valence-electron chi connectivity index (χ4n) is 3.32. The predicted molar refractivity (Wildman–Crippen MR) is 111 cm³/mol. The van der Waals surface area contributed by atoms with Gasteiger partial charge >= 0.3 is 0 Å². The van der Waals surface area contributed by atoms with E-state index < -0.39 is 21.3 Å². The normalized spacial score (nSPS) is 20.1. The lowest BCUT2D eigenvalue weighted by Crippen LogP contribution is -2.39. The first-order valence-electron chi connectivity index (χ1n) is 9.61. The molecule has 0 aromatic heterocycles. The summed E-state index contributed by atoms with van der Waals surface area (Å²) in [5.41, 5.74) is 1.95. The molecule has 1 heterocycles. The van der Waals surface area contributed by atoms with Crippen LogP contribution in [0.5, 0.6) is 5.75 Å². The van der Waals surface area contributed by atoms with Crippen LogP contribution in [0.1, 0.15) is 23.6 Å². The number of hydrogen-bond donors (Lipinski definition) is 1. The molecule has 0 unspecified atom stereocenters. The smallest absolute Gasteiger partial charge is 0.218 e. The second-order valence-electron chi connectivity index (χ2n) is 6.95. The standard InChI is InChI=1S/C21H28N2O5S/c1-23-21(20(16-28-23)29(24,25)22-13-6-14-26-2)18-9-11-19(12-10-18)27-15-17-7-4-3-5-8-17/h3-5,7-12,20-22H,6,13-16H2,1-2H3/t20-,21-/m0/s1. The van der Waals surface area contributed by atoms with E-state index in [1.807, 2.05) is 54.6 Å². The molecule has 1 saturated heterocycles. The fraction of sp³-hybridized carbons (Fsp3) is 0.429. The summed E-state index contributed by atoms with van der Waals surface area (Å²) in [4.78, 5) is 5.54. The number of sulfonamides is 1. The molecule has 1 N–H and O–H groups in total. The zero-order valence-corrected chi connectivity index (χ0v) is 17.6. The van der Waals surface area contributed by atoms with Gasteiger partial charge in [-0.05, 0) is 29.7 Å². The van der Waals surface area contributed by atoms with E-state index in [2.05, 4.69) is 4.72 Å². The molecule has 0 saturated carbocycles. The van der Waals surface area contributed by atoms with Gasteiger partial charge in [-0.2, -0.15) is 5.06 Å². The van der Waals surface area contributed by atoms with Gasteiger partial charge in [0.05, 0.1) is 12.6 Å². The van der Waals surface area contributed by atoms with E-state index in [4.69, 9.17) is 14.3 Å². The Morgan fingerprint density at radius 1 is 1.14 bits per heavy atom. The predicted octanol–water partition coefficient (Wildman–Crippen LogP) is 2.51. The highest BCUT2D eigenvalue weighted by Gasteiger charge is 2.42. The van der Waals surface area contributed by atoms with Crippen LogP contribution in [0.4, 0.5) is 0 Å². The van der Waals surface area contributed by atoms with Crippen LogP contribution >= 0.6 is 0 Å². The number of benzene rings is 2. The van der Waals surface area contributed by atoms with Gasteiger partial charge in [-0.25, -0.2) is 13.1 Å². The van der Waals surface area contributed by atoms with Crippen LogP contribution in [0, 0.1) is 0 Å². The average Bonchev–Trinajstić information content (AvgIpc) is 3.13. The molecular weight excluding hydrogens is 392 g/mol. The van der Waals surface area contributed by atoms with Crippen LogP contribution in [-0.2, 0) is 26.2 Å². The molecule has 0 spiro atoms. The van der Waals surface area contributed by atoms with Crippen LogP contribution in [-0.4, -0.2) is 52.6 Å². The van der Waals surface area contributed by atoms with E-state index in [0.717, 1.165) is 16.9 Å². The molecule has 2 aromatic carbocycles. The topological polar surface area (TPSA) is 77.1 Å². The van der Waals surface area contributed by atoms with Crippen LogP contribution in [0.15, 0.2) is 54.6 Å². The molecule has 7 nitrogen and oxygen atoms in total. The van der Waals surface area contributed by atoms with Gasteiger partial charge < -0.3 is 9.47 Å². The largest absolute Gasteiger partial charge is 0.489 e. The second-order valence-corrected chi connectivity index (χ2v) is 8.94. The summed E-state index contributed by atoms with van der Waals surface area (Å²) < 4.78 is 39.0. The van der Waals surface area contributed by atoms with Crippen LogP contribution < -0.4 is 9.46 Å². The molecular formula is C21H28N2O5S. The molecule has 0 amide bonds. The number of nitrogens with one attached hydrogen (secondary N) is 1. The molecule has 8 heteroatoms. The summed E-state index contributed by atoms with van der Waals surface area (Å²) in [7, 11) is -0.181. The maximum atomic E-state index is 12.8. The van der Waals surface area contributed by atoms with Crippen LogP contribution in [0.3, 0.4) is 0 Å². The van der Waals surface area contributed by atoms with E-state index in [0.29, 0.717) is 26.2 Å². The zero-order chi connectivity index (χ0) is 20.7. The summed E-state index contributed by atoms with van der Waals surface area (Å²) in [5, 5.41) is 0.921. The lowest BCUT2D eigenvalue weighted by atomic mass is 10.0. The van der Waals surface area contributed by atoms with E-state index in [-0.39, 0.29) is 6.61 Å². The molecule has 0 aliphatic carbocycles. The third kappa shape index (κ3) is 5.77. The van der Waals surface area contributed by atoms with Crippen molar-refractivity contribution >= 4 is 10.0 Å². The van der Waals surface area contributed by atoms with Crippen molar-refractivity contribution in [1.82, 2.24) is 9.79 Å². The molecule has 1 fully saturated rings. The van der Waals surface area contributed by atoms with E-state index in [9.17, 15) is 8.42 Å². The van der Waals surface area contributed by atoms with Gasteiger partial charge in [-0.3, -0.25) is 4.84 Å². The molecule has 1 aliphatic heterocycles. The highest BCUT2D eigenvalue weighted by molar-refractivity contribution is 7.90. The SMILES string of the molecule is COCCCNS(=O)(=O)[C@H]1CON(C)[C@H]1c1ccc(OCc2ccccc2)cc1. The van der Waals surface area contributed by atoms with E-state index in [1.54, 1.807) is 19.2 Å². The van der Waals surface area contributed by atoms with Crippen molar-refractivity contribution in [2.24, 2.45) is 0 Å². The lowest BCUT2D eigenvalue weighted by molar-refractivity contribution is -0.110. The van der Waals surface area contributed by atoms with Crippen LogP contribution in [0.2, 0.25) is 0 Å². The van der Waals surface area contributed by atoms with Gasteiger partial charge in [0.25, 0.3) is 0 Å². The number of methoxy groups -OCH3 is 1. The molecule has 0 bridgehead atoms. The Balaban J connectivity index is 1.65. The van der Waals surface area contributed by atoms with Crippen molar-refractivity contribution in [3.8, 4) is 5.75 Å². The summed E-state index contributed by atoms with van der Waals surface area (Å²) in [6.07, 6.45) is 0.622. The zero-order valence-electron chi connectivity index (χ0n) is 16.8. The molecule has 2 aromatic rings. The Kier molecular flexibility index (Phi) is 7.63. The third-order valence-electron chi connectivity index (χ3n) is 4.88.